The van der Waals surface area contributed by atoms with Crippen LogP contribution in [0.4, 0.5) is 11.4 Å². The van der Waals surface area contributed by atoms with Crippen molar-refractivity contribution < 1.29 is 14.5 Å². The molecule has 0 fully saturated rings. The van der Waals surface area contributed by atoms with Crippen LogP contribution in [-0.2, 0) is 11.4 Å². The highest BCUT2D eigenvalue weighted by atomic mass is 127. The van der Waals surface area contributed by atoms with Crippen LogP contribution < -0.4 is 10.1 Å². The smallest absolute Gasteiger partial charge is 0.271 e. The van der Waals surface area contributed by atoms with Gasteiger partial charge in [-0.1, -0.05) is 34.1 Å². The van der Waals surface area contributed by atoms with Crippen molar-refractivity contribution >= 4 is 77.8 Å². The molecule has 33 heavy (non-hydrogen) atoms. The quantitative estimate of drug-likeness (QED) is 0.0965. The number of amides is 1. The monoisotopic (exact) mass is 681 g/mol. The molecule has 3 aromatic rings. The third-order valence-corrected chi connectivity index (χ3v) is 6.23. The normalized spacial score (nSPS) is 10.9. The molecule has 10 heteroatoms. The van der Waals surface area contributed by atoms with Crippen molar-refractivity contribution in [2.45, 2.75) is 6.61 Å². The minimum atomic E-state index is -0.667. The van der Waals surface area contributed by atoms with Crippen LogP contribution in [0.2, 0.25) is 0 Å². The molecule has 0 aliphatic rings. The second-order valence-corrected chi connectivity index (χ2v) is 9.59. The van der Waals surface area contributed by atoms with Crippen molar-refractivity contribution in [1.29, 1.82) is 5.26 Å². The van der Waals surface area contributed by atoms with Crippen molar-refractivity contribution in [3.8, 4) is 11.8 Å². The summed E-state index contributed by atoms with van der Waals surface area (Å²) in [6.45, 7) is 0.381. The van der Waals surface area contributed by atoms with Gasteiger partial charge >= 0.3 is 0 Å². The molecular weight excluding hydrogens is 669 g/mol. The minimum absolute atomic E-state index is 0.146. The van der Waals surface area contributed by atoms with Crippen LogP contribution >= 0.6 is 54.5 Å². The number of anilines is 1. The van der Waals surface area contributed by atoms with Gasteiger partial charge in [-0.15, -0.1) is 0 Å². The first-order valence-electron chi connectivity index (χ1n) is 9.30. The predicted molar refractivity (Wildman–Crippen MR) is 141 cm³/mol. The van der Waals surface area contributed by atoms with E-state index in [4.69, 9.17) is 4.74 Å². The number of hydrogen-bond donors (Lipinski definition) is 1. The maximum Gasteiger partial charge on any atom is 0.271 e. The van der Waals surface area contributed by atoms with Crippen molar-refractivity contribution in [2.75, 3.05) is 5.32 Å². The molecule has 0 heterocycles. The molecule has 166 valence electrons. The van der Waals surface area contributed by atoms with Crippen molar-refractivity contribution in [2.24, 2.45) is 0 Å². The van der Waals surface area contributed by atoms with Gasteiger partial charge in [0.05, 0.1) is 13.0 Å². The zero-order valence-corrected chi connectivity index (χ0v) is 22.0. The van der Waals surface area contributed by atoms with E-state index in [1.165, 1.54) is 30.3 Å². The van der Waals surface area contributed by atoms with Crippen LogP contribution in [0, 0.1) is 25.0 Å². The van der Waals surface area contributed by atoms with Crippen LogP contribution in [0.25, 0.3) is 6.08 Å². The molecular formula is C23H14Br2IN3O4. The fraction of sp³-hybridized carbons (Fsp3) is 0.0435. The third kappa shape index (κ3) is 6.86. The SMILES string of the molecule is N#C/C(=C\c1cc(Br)c(OCc2ccc(Br)cc2)c(I)c1)C(=O)Nc1cccc([N+](=O)[O-])c1. The molecule has 1 N–H and O–H groups in total. The summed E-state index contributed by atoms with van der Waals surface area (Å²) in [6.07, 6.45) is 1.44. The van der Waals surface area contributed by atoms with Gasteiger partial charge in [-0.2, -0.15) is 5.26 Å². The van der Waals surface area contributed by atoms with Gasteiger partial charge in [0, 0.05) is 22.3 Å². The lowest BCUT2D eigenvalue weighted by Gasteiger charge is -2.12. The lowest BCUT2D eigenvalue weighted by Crippen LogP contribution is -2.13. The fourth-order valence-electron chi connectivity index (χ4n) is 2.75. The van der Waals surface area contributed by atoms with Gasteiger partial charge in [0.2, 0.25) is 0 Å². The zero-order valence-electron chi connectivity index (χ0n) is 16.7. The number of nitriles is 1. The first-order chi connectivity index (χ1) is 15.8. The van der Waals surface area contributed by atoms with E-state index in [0.717, 1.165) is 13.6 Å². The van der Waals surface area contributed by atoms with Crippen LogP contribution in [0.1, 0.15) is 11.1 Å². The second kappa shape index (κ2) is 11.4. The van der Waals surface area contributed by atoms with Gasteiger partial charge in [0.15, 0.2) is 0 Å². The molecule has 0 aliphatic carbocycles. The summed E-state index contributed by atoms with van der Waals surface area (Å²) in [5.74, 6) is -0.0186. The Morgan fingerprint density at radius 3 is 2.55 bits per heavy atom. The highest BCUT2D eigenvalue weighted by molar-refractivity contribution is 14.1. The zero-order chi connectivity index (χ0) is 24.0. The Hall–Kier alpha value is -2.75. The van der Waals surface area contributed by atoms with Crippen molar-refractivity contribution in [3.05, 3.63) is 100.0 Å². The number of halogens is 3. The third-order valence-electron chi connectivity index (χ3n) is 4.31. The number of rotatable bonds is 7. The Balaban J connectivity index is 1.77. The van der Waals surface area contributed by atoms with E-state index < -0.39 is 10.8 Å². The first-order valence-corrected chi connectivity index (χ1v) is 12.0. The highest BCUT2D eigenvalue weighted by Crippen LogP contribution is 2.33. The molecule has 0 saturated heterocycles. The first kappa shape index (κ1) is 24.9. The number of ether oxygens (including phenoxy) is 1. The molecule has 1 amide bonds. The minimum Gasteiger partial charge on any atom is -0.487 e. The van der Waals surface area contributed by atoms with Crippen LogP contribution in [-0.4, -0.2) is 10.8 Å². The molecule has 7 nitrogen and oxygen atoms in total. The van der Waals surface area contributed by atoms with Gasteiger partial charge in [-0.25, -0.2) is 0 Å². The number of carbonyl (C=O) groups excluding carboxylic acids is 1. The number of nitrogens with zero attached hydrogens (tertiary/aromatic N) is 2. The highest BCUT2D eigenvalue weighted by Gasteiger charge is 2.14. The molecule has 0 spiro atoms. The molecule has 3 aromatic carbocycles. The largest absolute Gasteiger partial charge is 0.487 e. The maximum absolute atomic E-state index is 12.5. The molecule has 0 bridgehead atoms. The number of non-ortho nitro benzene ring substituents is 1. The van der Waals surface area contributed by atoms with E-state index in [9.17, 15) is 20.2 Å². The molecule has 0 unspecified atom stereocenters. The van der Waals surface area contributed by atoms with E-state index in [1.807, 2.05) is 30.3 Å². The number of nitro groups is 1. The topological polar surface area (TPSA) is 105 Å². The summed E-state index contributed by atoms with van der Waals surface area (Å²) in [6, 6.07) is 18.7. The summed E-state index contributed by atoms with van der Waals surface area (Å²) in [5, 5.41) is 22.9. The van der Waals surface area contributed by atoms with E-state index in [2.05, 4.69) is 59.8 Å². The number of nitro benzene ring substituents is 1. The maximum atomic E-state index is 12.5. The predicted octanol–water partition coefficient (Wildman–Crippen LogP) is 6.85. The van der Waals surface area contributed by atoms with E-state index in [1.54, 1.807) is 12.1 Å². The van der Waals surface area contributed by atoms with Gasteiger partial charge in [0.1, 0.15) is 24.0 Å². The fourth-order valence-corrected chi connectivity index (χ4v) is 4.78. The van der Waals surface area contributed by atoms with E-state index in [0.29, 0.717) is 22.4 Å². The van der Waals surface area contributed by atoms with Gasteiger partial charge in [-0.05, 0) is 86.1 Å². The van der Waals surface area contributed by atoms with Crippen LogP contribution in [0.15, 0.2) is 75.2 Å². The van der Waals surface area contributed by atoms with Crippen molar-refractivity contribution in [1.82, 2.24) is 0 Å². The Morgan fingerprint density at radius 2 is 1.91 bits per heavy atom. The number of hydrogen-bond acceptors (Lipinski definition) is 5. The Kier molecular flexibility index (Phi) is 8.60. The molecule has 0 radical (unpaired) electrons. The Labute approximate surface area is 220 Å². The molecule has 0 saturated carbocycles. The summed E-state index contributed by atoms with van der Waals surface area (Å²) >= 11 is 9.02. The molecule has 0 aliphatic heterocycles. The molecule has 0 atom stereocenters. The Bertz CT molecular complexity index is 1260. The summed E-state index contributed by atoms with van der Waals surface area (Å²) in [5.41, 5.74) is 1.55. The molecule has 3 rings (SSSR count). The molecule has 0 aromatic heterocycles. The standard InChI is InChI=1S/C23H14Br2IN3O4/c24-17-6-4-14(5-7-17)13-33-22-20(25)9-15(10-21(22)26)8-16(12-27)23(30)28-18-2-1-3-19(11-18)29(31)32/h1-11H,13H2,(H,28,30)/b16-8+. The summed E-state index contributed by atoms with van der Waals surface area (Å²) in [7, 11) is 0. The Morgan fingerprint density at radius 1 is 1.18 bits per heavy atom. The van der Waals surface area contributed by atoms with Gasteiger partial charge in [0.25, 0.3) is 11.6 Å². The average Bonchev–Trinajstić information content (AvgIpc) is 2.78. The lowest BCUT2D eigenvalue weighted by molar-refractivity contribution is -0.384. The summed E-state index contributed by atoms with van der Waals surface area (Å²) < 4.78 is 8.40. The van der Waals surface area contributed by atoms with Crippen LogP contribution in [0.5, 0.6) is 5.75 Å². The number of carbonyl (C=O) groups is 1. The number of nitrogens with one attached hydrogen (secondary N) is 1. The number of benzene rings is 3. The van der Waals surface area contributed by atoms with Crippen molar-refractivity contribution in [3.63, 3.8) is 0 Å². The van der Waals surface area contributed by atoms with E-state index >= 15 is 0 Å². The summed E-state index contributed by atoms with van der Waals surface area (Å²) in [4.78, 5) is 22.9. The van der Waals surface area contributed by atoms with Gasteiger partial charge in [-0.3, -0.25) is 14.9 Å². The lowest BCUT2D eigenvalue weighted by atomic mass is 10.1. The average molecular weight is 683 g/mol. The van der Waals surface area contributed by atoms with Gasteiger partial charge < -0.3 is 10.1 Å². The van der Waals surface area contributed by atoms with E-state index in [-0.39, 0.29) is 16.9 Å². The van der Waals surface area contributed by atoms with Crippen LogP contribution in [0.3, 0.4) is 0 Å². The second-order valence-electron chi connectivity index (χ2n) is 6.66.